The molecule has 1 heterocycles. The topological polar surface area (TPSA) is 9.72 Å². The summed E-state index contributed by atoms with van der Waals surface area (Å²) in [5.74, 6) is 0. The average molecular weight is 344 g/mol. The Morgan fingerprint density at radius 3 is 1.73 bits per heavy atom. The Morgan fingerprint density at radius 1 is 0.955 bits per heavy atom. The monoisotopic (exact) mass is 343 g/mol. The number of rotatable bonds is 5. The highest BCUT2D eigenvalue weighted by molar-refractivity contribution is 6.89. The normalized spacial score (nSPS) is 23.0. The molecule has 0 amide bonds. The van der Waals surface area contributed by atoms with Crippen molar-refractivity contribution in [3.8, 4) is 0 Å². The van der Waals surface area contributed by atoms with Gasteiger partial charge in [0.25, 0.3) is 0 Å². The fourth-order valence-electron chi connectivity index (χ4n) is 4.01. The van der Waals surface area contributed by atoms with Crippen LogP contribution in [-0.2, 0) is 0 Å². The zero-order chi connectivity index (χ0) is 17.5. The summed E-state index contributed by atoms with van der Waals surface area (Å²) in [6, 6.07) is 0.627. The average Bonchev–Trinajstić information content (AvgIpc) is 2.65. The lowest BCUT2D eigenvalue weighted by Crippen LogP contribution is -2.65. The molecule has 5 heteroatoms. The Kier molecular flexibility index (Phi) is 6.17. The van der Waals surface area contributed by atoms with Crippen LogP contribution in [0.4, 0.5) is 0 Å². The third-order valence-corrected chi connectivity index (χ3v) is 12.5. The van der Waals surface area contributed by atoms with Crippen LogP contribution in [-0.4, -0.2) is 67.9 Å². The van der Waals surface area contributed by atoms with Gasteiger partial charge in [-0.1, -0.05) is 39.3 Å². The van der Waals surface area contributed by atoms with Crippen molar-refractivity contribution in [3.63, 3.8) is 0 Å². The van der Waals surface area contributed by atoms with Crippen LogP contribution in [0.25, 0.3) is 0 Å². The minimum absolute atomic E-state index is 0.249. The summed E-state index contributed by atoms with van der Waals surface area (Å²) >= 11 is 0. The zero-order valence-electron chi connectivity index (χ0n) is 17.1. The van der Waals surface area contributed by atoms with E-state index in [9.17, 15) is 0 Å². The van der Waals surface area contributed by atoms with Gasteiger partial charge in [0.1, 0.15) is 16.5 Å². The summed E-state index contributed by atoms with van der Waals surface area (Å²) in [5.41, 5.74) is 0.249. The molecule has 0 N–H and O–H groups in total. The first-order chi connectivity index (χ1) is 9.65. The minimum atomic E-state index is -1.30. The van der Waals surface area contributed by atoms with E-state index in [4.69, 9.17) is 0 Å². The standard InChI is InChI=1S/C17H41N3Si2/c1-15(2)18-12-13-19(17(3,4)5)16(18)14-20(21(6,7)8)22(9,10)11/h15-16H,12-14H2,1-11H3. The molecular weight excluding hydrogens is 302 g/mol. The van der Waals surface area contributed by atoms with Crippen LogP contribution in [0, 0.1) is 0 Å². The van der Waals surface area contributed by atoms with E-state index in [1.54, 1.807) is 0 Å². The molecule has 132 valence electrons. The second-order valence-electron chi connectivity index (χ2n) is 10.1. The van der Waals surface area contributed by atoms with E-state index in [1.807, 2.05) is 0 Å². The van der Waals surface area contributed by atoms with Crippen molar-refractivity contribution in [2.75, 3.05) is 19.6 Å². The Morgan fingerprint density at radius 2 is 1.41 bits per heavy atom. The van der Waals surface area contributed by atoms with Crippen molar-refractivity contribution in [2.24, 2.45) is 0 Å². The second-order valence-corrected chi connectivity index (χ2v) is 20.3. The van der Waals surface area contributed by atoms with Gasteiger partial charge in [0, 0.05) is 31.2 Å². The summed E-state index contributed by atoms with van der Waals surface area (Å²) in [4.78, 5) is 5.46. The molecule has 1 unspecified atom stereocenters. The highest BCUT2D eigenvalue weighted by Crippen LogP contribution is 2.29. The molecule has 0 aromatic carbocycles. The van der Waals surface area contributed by atoms with Crippen LogP contribution in [0.1, 0.15) is 34.6 Å². The Bertz CT molecular complexity index is 350. The van der Waals surface area contributed by atoms with Crippen molar-refractivity contribution in [3.05, 3.63) is 0 Å². The molecule has 1 fully saturated rings. The molecule has 3 nitrogen and oxygen atoms in total. The molecule has 0 aromatic rings. The van der Waals surface area contributed by atoms with E-state index in [1.165, 1.54) is 19.6 Å². The highest BCUT2D eigenvalue weighted by Gasteiger charge is 2.43. The van der Waals surface area contributed by atoms with Crippen molar-refractivity contribution < 1.29 is 0 Å². The van der Waals surface area contributed by atoms with Gasteiger partial charge in [0.15, 0.2) is 0 Å². The van der Waals surface area contributed by atoms with Crippen molar-refractivity contribution in [1.82, 2.24) is 14.0 Å². The fraction of sp³-hybridized carbons (Fsp3) is 1.00. The zero-order valence-corrected chi connectivity index (χ0v) is 19.1. The van der Waals surface area contributed by atoms with E-state index >= 15 is 0 Å². The molecule has 1 rings (SSSR count). The van der Waals surface area contributed by atoms with E-state index in [-0.39, 0.29) is 5.54 Å². The van der Waals surface area contributed by atoms with Crippen molar-refractivity contribution >= 4 is 16.5 Å². The van der Waals surface area contributed by atoms with Gasteiger partial charge in [-0.05, 0) is 34.6 Å². The third kappa shape index (κ3) is 4.90. The van der Waals surface area contributed by atoms with Crippen LogP contribution < -0.4 is 0 Å². The SMILES string of the molecule is CC(C)N1CCN(C(C)(C)C)C1CN([Si](C)(C)C)[Si](C)(C)C. The Hall–Kier alpha value is 0.314. The van der Waals surface area contributed by atoms with E-state index in [0.29, 0.717) is 12.2 Å². The van der Waals surface area contributed by atoms with E-state index in [2.05, 4.69) is 87.9 Å². The van der Waals surface area contributed by atoms with Gasteiger partial charge in [0.2, 0.25) is 0 Å². The summed E-state index contributed by atoms with van der Waals surface area (Å²) < 4.78 is 2.95. The van der Waals surface area contributed by atoms with E-state index < -0.39 is 16.5 Å². The molecule has 1 aliphatic rings. The predicted molar refractivity (Wildman–Crippen MR) is 105 cm³/mol. The molecule has 0 aliphatic carbocycles. The quantitative estimate of drug-likeness (QED) is 0.696. The van der Waals surface area contributed by atoms with Gasteiger partial charge in [-0.25, -0.2) is 0 Å². The molecule has 0 radical (unpaired) electrons. The van der Waals surface area contributed by atoms with Crippen molar-refractivity contribution in [1.29, 1.82) is 0 Å². The Balaban J connectivity index is 3.10. The molecule has 1 saturated heterocycles. The smallest absolute Gasteiger partial charge is 0.112 e. The second kappa shape index (κ2) is 6.67. The molecule has 1 atom stereocenters. The van der Waals surface area contributed by atoms with Crippen LogP contribution in [0.3, 0.4) is 0 Å². The van der Waals surface area contributed by atoms with Gasteiger partial charge in [-0.15, -0.1) is 0 Å². The number of nitrogens with zero attached hydrogens (tertiary/aromatic N) is 3. The summed E-state index contributed by atoms with van der Waals surface area (Å²) in [6.45, 7) is 30.6. The van der Waals surface area contributed by atoms with Gasteiger partial charge < -0.3 is 4.23 Å². The lowest BCUT2D eigenvalue weighted by molar-refractivity contribution is 0.0415. The molecule has 1 aliphatic heterocycles. The first-order valence-electron chi connectivity index (χ1n) is 8.96. The van der Waals surface area contributed by atoms with Crippen LogP contribution in [0.2, 0.25) is 39.3 Å². The fourth-order valence-corrected chi connectivity index (χ4v) is 13.5. The molecule has 0 aromatic heterocycles. The van der Waals surface area contributed by atoms with Gasteiger partial charge >= 0.3 is 0 Å². The summed E-state index contributed by atoms with van der Waals surface area (Å²) in [5, 5.41) is 0. The highest BCUT2D eigenvalue weighted by atomic mass is 28.4. The maximum atomic E-state index is 2.95. The molecule has 22 heavy (non-hydrogen) atoms. The lowest BCUT2D eigenvalue weighted by atomic mass is 10.1. The third-order valence-electron chi connectivity index (χ3n) is 4.83. The van der Waals surface area contributed by atoms with Gasteiger partial charge in [-0.3, -0.25) is 9.80 Å². The molecule has 0 saturated carbocycles. The first kappa shape index (κ1) is 20.4. The minimum Gasteiger partial charge on any atom is -0.343 e. The maximum Gasteiger partial charge on any atom is 0.112 e. The number of hydrogen-bond acceptors (Lipinski definition) is 3. The largest absolute Gasteiger partial charge is 0.343 e. The van der Waals surface area contributed by atoms with Crippen LogP contribution in [0.5, 0.6) is 0 Å². The van der Waals surface area contributed by atoms with Gasteiger partial charge in [0.05, 0.1) is 6.17 Å². The predicted octanol–water partition coefficient (Wildman–Crippen LogP) is 4.11. The van der Waals surface area contributed by atoms with Crippen LogP contribution in [0.15, 0.2) is 0 Å². The van der Waals surface area contributed by atoms with Gasteiger partial charge in [-0.2, -0.15) is 0 Å². The molecule has 0 spiro atoms. The summed E-state index contributed by atoms with van der Waals surface area (Å²) in [6.07, 6.45) is 0.568. The molecule has 0 bridgehead atoms. The lowest BCUT2D eigenvalue weighted by Gasteiger charge is -2.49. The first-order valence-corrected chi connectivity index (χ1v) is 15.9. The number of hydrogen-bond donors (Lipinski definition) is 0. The Labute approximate surface area is 142 Å². The van der Waals surface area contributed by atoms with Crippen LogP contribution >= 0.6 is 0 Å². The van der Waals surface area contributed by atoms with Crippen molar-refractivity contribution in [2.45, 2.75) is 91.6 Å². The maximum absolute atomic E-state index is 2.95. The molecular formula is C17H41N3Si2. The van der Waals surface area contributed by atoms with E-state index in [0.717, 1.165) is 0 Å². The summed E-state index contributed by atoms with van der Waals surface area (Å²) in [7, 11) is -2.60.